The van der Waals surface area contributed by atoms with E-state index in [0.29, 0.717) is 36.5 Å². The number of benzene rings is 3. The van der Waals surface area contributed by atoms with E-state index in [1.165, 1.54) is 0 Å². The first kappa shape index (κ1) is 21.1. The standard InChI is InChI=1S/C26H24N4O2/c31-25(22-14-8-3-9-15-22)27-16-17-28-26(32)23-19-30(18-20-10-4-1-5-11-20)29-24(23)21-12-6-2-7-13-21/h1-15,19H,16-18H2,(H,27,31)(H,28,32). The van der Waals surface area contributed by atoms with Gasteiger partial charge in [-0.3, -0.25) is 14.3 Å². The lowest BCUT2D eigenvalue weighted by atomic mass is 10.1. The molecule has 6 heteroatoms. The summed E-state index contributed by atoms with van der Waals surface area (Å²) in [4.78, 5) is 25.1. The Morgan fingerprint density at radius 1 is 0.719 bits per heavy atom. The summed E-state index contributed by atoms with van der Waals surface area (Å²) in [6, 6.07) is 28.6. The highest BCUT2D eigenvalue weighted by molar-refractivity contribution is 6.00. The molecule has 0 spiro atoms. The van der Waals surface area contributed by atoms with Gasteiger partial charge in [-0.1, -0.05) is 78.9 Å². The largest absolute Gasteiger partial charge is 0.350 e. The van der Waals surface area contributed by atoms with Crippen LogP contribution in [-0.2, 0) is 6.54 Å². The second kappa shape index (κ2) is 10.2. The zero-order valence-corrected chi connectivity index (χ0v) is 17.6. The second-order valence-electron chi connectivity index (χ2n) is 7.32. The van der Waals surface area contributed by atoms with E-state index in [1.807, 2.05) is 78.9 Å². The molecule has 2 N–H and O–H groups in total. The fourth-order valence-corrected chi connectivity index (χ4v) is 3.39. The van der Waals surface area contributed by atoms with Crippen molar-refractivity contribution in [1.29, 1.82) is 0 Å². The van der Waals surface area contributed by atoms with Gasteiger partial charge in [-0.15, -0.1) is 0 Å². The Labute approximate surface area is 186 Å². The number of hydrogen-bond acceptors (Lipinski definition) is 3. The van der Waals surface area contributed by atoms with Crippen molar-refractivity contribution in [3.8, 4) is 11.3 Å². The van der Waals surface area contributed by atoms with Crippen molar-refractivity contribution in [1.82, 2.24) is 20.4 Å². The molecule has 0 aliphatic carbocycles. The topological polar surface area (TPSA) is 76.0 Å². The number of rotatable bonds is 8. The van der Waals surface area contributed by atoms with Gasteiger partial charge >= 0.3 is 0 Å². The van der Waals surface area contributed by atoms with Crippen LogP contribution in [0.25, 0.3) is 11.3 Å². The van der Waals surface area contributed by atoms with Gasteiger partial charge in [0.05, 0.1) is 12.1 Å². The Morgan fingerprint density at radius 2 is 1.28 bits per heavy atom. The molecule has 4 rings (SSSR count). The maximum atomic E-state index is 12.9. The van der Waals surface area contributed by atoms with E-state index in [0.717, 1.165) is 11.1 Å². The average Bonchev–Trinajstić information content (AvgIpc) is 3.27. The van der Waals surface area contributed by atoms with E-state index in [4.69, 9.17) is 0 Å². The monoisotopic (exact) mass is 424 g/mol. The summed E-state index contributed by atoms with van der Waals surface area (Å²) in [7, 11) is 0. The number of carbonyl (C=O) groups is 2. The number of nitrogens with one attached hydrogen (secondary N) is 2. The summed E-state index contributed by atoms with van der Waals surface area (Å²) >= 11 is 0. The molecule has 0 aliphatic rings. The molecule has 160 valence electrons. The van der Waals surface area contributed by atoms with Gasteiger partial charge < -0.3 is 10.6 Å². The van der Waals surface area contributed by atoms with Crippen molar-refractivity contribution in [2.24, 2.45) is 0 Å². The maximum absolute atomic E-state index is 12.9. The number of hydrogen-bond donors (Lipinski definition) is 2. The van der Waals surface area contributed by atoms with Crippen molar-refractivity contribution >= 4 is 11.8 Å². The lowest BCUT2D eigenvalue weighted by molar-refractivity contribution is 0.0928. The van der Waals surface area contributed by atoms with E-state index in [1.54, 1.807) is 23.0 Å². The molecule has 0 bridgehead atoms. The van der Waals surface area contributed by atoms with Crippen LogP contribution in [0.5, 0.6) is 0 Å². The Morgan fingerprint density at radius 3 is 1.94 bits per heavy atom. The number of amides is 2. The van der Waals surface area contributed by atoms with Crippen molar-refractivity contribution in [3.63, 3.8) is 0 Å². The van der Waals surface area contributed by atoms with Crippen molar-refractivity contribution in [2.75, 3.05) is 13.1 Å². The zero-order valence-electron chi connectivity index (χ0n) is 17.6. The van der Waals surface area contributed by atoms with Crippen LogP contribution in [0, 0.1) is 0 Å². The molecule has 3 aromatic carbocycles. The molecule has 0 radical (unpaired) electrons. The minimum absolute atomic E-state index is 0.166. The predicted octanol–water partition coefficient (Wildman–Crippen LogP) is 3.76. The molecule has 1 heterocycles. The van der Waals surface area contributed by atoms with Gasteiger partial charge in [-0.05, 0) is 17.7 Å². The smallest absolute Gasteiger partial charge is 0.255 e. The molecule has 0 atom stereocenters. The van der Waals surface area contributed by atoms with Crippen LogP contribution in [-0.4, -0.2) is 34.7 Å². The number of carbonyl (C=O) groups excluding carboxylic acids is 2. The van der Waals surface area contributed by atoms with Crippen LogP contribution in [0.3, 0.4) is 0 Å². The van der Waals surface area contributed by atoms with Crippen molar-refractivity contribution in [3.05, 3.63) is 114 Å². The quantitative estimate of drug-likeness (QED) is 0.423. The number of aromatic nitrogens is 2. The van der Waals surface area contributed by atoms with Gasteiger partial charge in [-0.25, -0.2) is 0 Å². The molecule has 1 aromatic heterocycles. The first-order valence-electron chi connectivity index (χ1n) is 10.5. The molecule has 32 heavy (non-hydrogen) atoms. The second-order valence-corrected chi connectivity index (χ2v) is 7.32. The lowest BCUT2D eigenvalue weighted by Gasteiger charge is -2.07. The molecular weight excluding hydrogens is 400 g/mol. The van der Waals surface area contributed by atoms with E-state index in [-0.39, 0.29) is 11.8 Å². The molecule has 2 amide bonds. The summed E-state index contributed by atoms with van der Waals surface area (Å²) in [5.41, 5.74) is 3.70. The van der Waals surface area contributed by atoms with Crippen LogP contribution in [0.2, 0.25) is 0 Å². The van der Waals surface area contributed by atoms with Crippen LogP contribution < -0.4 is 10.6 Å². The minimum atomic E-state index is -0.225. The molecule has 0 fully saturated rings. The third kappa shape index (κ3) is 5.29. The lowest BCUT2D eigenvalue weighted by Crippen LogP contribution is -2.34. The Hall–Kier alpha value is -4.19. The van der Waals surface area contributed by atoms with Gasteiger partial charge in [-0.2, -0.15) is 5.10 Å². The van der Waals surface area contributed by atoms with Gasteiger partial charge in [0, 0.05) is 30.4 Å². The van der Waals surface area contributed by atoms with Crippen LogP contribution in [0.4, 0.5) is 0 Å². The molecule has 0 saturated carbocycles. The fourth-order valence-electron chi connectivity index (χ4n) is 3.39. The van der Waals surface area contributed by atoms with E-state index in [2.05, 4.69) is 15.7 Å². The first-order valence-corrected chi connectivity index (χ1v) is 10.5. The molecule has 4 aromatic rings. The molecule has 0 aliphatic heterocycles. The predicted molar refractivity (Wildman–Crippen MR) is 124 cm³/mol. The summed E-state index contributed by atoms with van der Waals surface area (Å²) < 4.78 is 1.78. The summed E-state index contributed by atoms with van der Waals surface area (Å²) in [6.07, 6.45) is 1.77. The Kier molecular flexibility index (Phi) is 6.72. The fraction of sp³-hybridized carbons (Fsp3) is 0.115. The highest BCUT2D eigenvalue weighted by Crippen LogP contribution is 2.22. The Bertz CT molecular complexity index is 1170. The van der Waals surface area contributed by atoms with Crippen LogP contribution >= 0.6 is 0 Å². The van der Waals surface area contributed by atoms with Crippen LogP contribution in [0.15, 0.2) is 97.2 Å². The van der Waals surface area contributed by atoms with Gasteiger partial charge in [0.15, 0.2) is 0 Å². The van der Waals surface area contributed by atoms with Crippen LogP contribution in [0.1, 0.15) is 26.3 Å². The van der Waals surface area contributed by atoms with Crippen molar-refractivity contribution < 1.29 is 9.59 Å². The van der Waals surface area contributed by atoms with E-state index >= 15 is 0 Å². The van der Waals surface area contributed by atoms with Gasteiger partial charge in [0.25, 0.3) is 11.8 Å². The summed E-state index contributed by atoms with van der Waals surface area (Å²) in [6.45, 7) is 1.22. The highest BCUT2D eigenvalue weighted by atomic mass is 16.2. The normalized spacial score (nSPS) is 10.5. The molecule has 0 saturated heterocycles. The first-order chi connectivity index (χ1) is 15.7. The maximum Gasteiger partial charge on any atom is 0.255 e. The van der Waals surface area contributed by atoms with Crippen molar-refractivity contribution in [2.45, 2.75) is 6.54 Å². The minimum Gasteiger partial charge on any atom is -0.350 e. The highest BCUT2D eigenvalue weighted by Gasteiger charge is 2.18. The van der Waals surface area contributed by atoms with Gasteiger partial charge in [0.1, 0.15) is 5.69 Å². The summed E-state index contributed by atoms with van der Waals surface area (Å²) in [5.74, 6) is -0.391. The zero-order chi connectivity index (χ0) is 22.2. The molecule has 6 nitrogen and oxygen atoms in total. The van der Waals surface area contributed by atoms with Gasteiger partial charge in [0.2, 0.25) is 0 Å². The third-order valence-corrected chi connectivity index (χ3v) is 4.97. The summed E-state index contributed by atoms with van der Waals surface area (Å²) in [5, 5.41) is 10.4. The Balaban J connectivity index is 1.43. The SMILES string of the molecule is O=C(NCCNC(=O)c1cn(Cc2ccccc2)nc1-c1ccccc1)c1ccccc1. The third-order valence-electron chi connectivity index (χ3n) is 4.97. The molecular formula is C26H24N4O2. The number of nitrogens with zero attached hydrogens (tertiary/aromatic N) is 2. The molecule has 0 unspecified atom stereocenters. The average molecular weight is 425 g/mol. The van der Waals surface area contributed by atoms with E-state index in [9.17, 15) is 9.59 Å². The van der Waals surface area contributed by atoms with E-state index < -0.39 is 0 Å².